The number of benzene rings is 2. The van der Waals surface area contributed by atoms with E-state index in [0.29, 0.717) is 19.0 Å². The van der Waals surface area contributed by atoms with Crippen LogP contribution in [0, 0.1) is 11.6 Å². The van der Waals surface area contributed by atoms with E-state index >= 15 is 0 Å². The highest BCUT2D eigenvalue weighted by Gasteiger charge is 2.27. The average molecular weight is 525 g/mol. The van der Waals surface area contributed by atoms with Crippen molar-refractivity contribution < 1.29 is 8.78 Å². The molecule has 3 aromatic rings. The summed E-state index contributed by atoms with van der Waals surface area (Å²) < 4.78 is 28.1. The standard InChI is InChI=1S/C22H25F2N5.HI/c1-25-22(26-11-9-15-13-27-20-8-3-2-5-17(15)20)28-16-10-12-29(14-16)21-18(23)6-4-7-19(21)24;/h2-8,13,16,27H,9-12,14H2,1H3,(H2,25,26,28);1H. The highest BCUT2D eigenvalue weighted by atomic mass is 127. The first-order valence-electron chi connectivity index (χ1n) is 9.87. The van der Waals surface area contributed by atoms with E-state index < -0.39 is 11.6 Å². The molecule has 0 amide bonds. The van der Waals surface area contributed by atoms with Gasteiger partial charge in [0.05, 0.1) is 0 Å². The molecule has 0 radical (unpaired) electrons. The van der Waals surface area contributed by atoms with Crippen molar-refractivity contribution >= 4 is 46.5 Å². The first kappa shape index (κ1) is 22.3. The van der Waals surface area contributed by atoms with E-state index in [-0.39, 0.29) is 35.7 Å². The summed E-state index contributed by atoms with van der Waals surface area (Å²) in [5.74, 6) is -0.343. The molecule has 2 aromatic carbocycles. The van der Waals surface area contributed by atoms with Gasteiger partial charge in [-0.2, -0.15) is 0 Å². The number of H-pyrrole nitrogens is 1. The summed E-state index contributed by atoms with van der Waals surface area (Å²) in [7, 11) is 1.73. The van der Waals surface area contributed by atoms with Crippen LogP contribution in [0.5, 0.6) is 0 Å². The molecule has 1 saturated heterocycles. The number of nitrogens with zero attached hydrogens (tertiary/aromatic N) is 2. The van der Waals surface area contributed by atoms with Crippen LogP contribution in [0.25, 0.3) is 10.9 Å². The predicted molar refractivity (Wildman–Crippen MR) is 129 cm³/mol. The summed E-state index contributed by atoms with van der Waals surface area (Å²) in [5.41, 5.74) is 2.45. The zero-order chi connectivity index (χ0) is 20.2. The van der Waals surface area contributed by atoms with Crippen LogP contribution >= 0.6 is 24.0 Å². The van der Waals surface area contributed by atoms with E-state index in [1.54, 1.807) is 11.9 Å². The number of rotatable bonds is 5. The Kier molecular flexibility index (Phi) is 7.52. The lowest BCUT2D eigenvalue weighted by atomic mass is 10.1. The smallest absolute Gasteiger partial charge is 0.191 e. The Morgan fingerprint density at radius 3 is 2.70 bits per heavy atom. The normalized spacial score (nSPS) is 16.6. The SMILES string of the molecule is CN=C(NCCc1c[nH]c2ccccc12)NC1CCN(c2c(F)cccc2F)C1.I. The largest absolute Gasteiger partial charge is 0.365 e. The Morgan fingerprint density at radius 2 is 1.93 bits per heavy atom. The van der Waals surface area contributed by atoms with Crippen molar-refractivity contribution in [1.82, 2.24) is 15.6 Å². The molecule has 8 heteroatoms. The number of aromatic amines is 1. The number of hydrogen-bond acceptors (Lipinski definition) is 2. The van der Waals surface area contributed by atoms with Gasteiger partial charge < -0.3 is 20.5 Å². The fourth-order valence-electron chi connectivity index (χ4n) is 3.91. The third kappa shape index (κ3) is 4.85. The number of aromatic nitrogens is 1. The monoisotopic (exact) mass is 525 g/mol. The first-order chi connectivity index (χ1) is 14.2. The van der Waals surface area contributed by atoms with Gasteiger partial charge in [0.1, 0.15) is 17.3 Å². The molecule has 0 saturated carbocycles. The van der Waals surface area contributed by atoms with Gasteiger partial charge in [0.2, 0.25) is 0 Å². The first-order valence-corrected chi connectivity index (χ1v) is 9.87. The maximum absolute atomic E-state index is 14.0. The molecule has 1 aliphatic rings. The summed E-state index contributed by atoms with van der Waals surface area (Å²) in [5, 5.41) is 7.93. The zero-order valence-corrected chi connectivity index (χ0v) is 19.1. The van der Waals surface area contributed by atoms with Crippen LogP contribution in [0.15, 0.2) is 53.7 Å². The number of anilines is 1. The molecule has 1 aromatic heterocycles. The fourth-order valence-corrected chi connectivity index (χ4v) is 3.91. The molecule has 1 unspecified atom stereocenters. The highest BCUT2D eigenvalue weighted by Crippen LogP contribution is 2.26. The van der Waals surface area contributed by atoms with Crippen LogP contribution in [0.2, 0.25) is 0 Å². The lowest BCUT2D eigenvalue weighted by Crippen LogP contribution is -2.45. The minimum absolute atomic E-state index is 0. The Labute approximate surface area is 192 Å². The van der Waals surface area contributed by atoms with Gasteiger partial charge in [0.15, 0.2) is 5.96 Å². The zero-order valence-electron chi connectivity index (χ0n) is 16.8. The van der Waals surface area contributed by atoms with Crippen LogP contribution in [-0.2, 0) is 6.42 Å². The molecule has 30 heavy (non-hydrogen) atoms. The maximum Gasteiger partial charge on any atom is 0.191 e. The molecule has 3 N–H and O–H groups in total. The van der Waals surface area contributed by atoms with E-state index in [2.05, 4.69) is 32.7 Å². The fraction of sp³-hybridized carbons (Fsp3) is 0.318. The van der Waals surface area contributed by atoms with E-state index in [9.17, 15) is 8.78 Å². The van der Waals surface area contributed by atoms with Gasteiger partial charge in [-0.15, -0.1) is 24.0 Å². The summed E-state index contributed by atoms with van der Waals surface area (Å²) in [6.45, 7) is 1.86. The van der Waals surface area contributed by atoms with Crippen molar-refractivity contribution in [2.24, 2.45) is 4.99 Å². The van der Waals surface area contributed by atoms with E-state index in [0.717, 1.165) is 24.9 Å². The van der Waals surface area contributed by atoms with Gasteiger partial charge >= 0.3 is 0 Å². The number of hydrogen-bond donors (Lipinski definition) is 3. The van der Waals surface area contributed by atoms with Crippen LogP contribution in [0.4, 0.5) is 14.5 Å². The number of fused-ring (bicyclic) bond motifs is 1. The molecule has 160 valence electrons. The van der Waals surface area contributed by atoms with Crippen molar-refractivity contribution in [2.45, 2.75) is 18.9 Å². The van der Waals surface area contributed by atoms with Crippen molar-refractivity contribution in [2.75, 3.05) is 31.6 Å². The maximum atomic E-state index is 14.0. The molecule has 1 atom stereocenters. The van der Waals surface area contributed by atoms with Crippen LogP contribution in [0.1, 0.15) is 12.0 Å². The number of aliphatic imine (C=N–C) groups is 1. The molecular formula is C22H26F2IN5. The van der Waals surface area contributed by atoms with Gasteiger partial charge in [-0.25, -0.2) is 8.78 Å². The Bertz CT molecular complexity index is 999. The molecule has 0 spiro atoms. The predicted octanol–water partition coefficient (Wildman–Crippen LogP) is 4.05. The second kappa shape index (κ2) is 10.1. The quantitative estimate of drug-likeness (QED) is 0.268. The van der Waals surface area contributed by atoms with Crippen LogP contribution < -0.4 is 15.5 Å². The van der Waals surface area contributed by atoms with Crippen LogP contribution in [0.3, 0.4) is 0 Å². The molecular weight excluding hydrogens is 499 g/mol. The van der Waals surface area contributed by atoms with Gasteiger partial charge in [0.25, 0.3) is 0 Å². The van der Waals surface area contributed by atoms with Gasteiger partial charge in [-0.1, -0.05) is 24.3 Å². The molecule has 1 fully saturated rings. The second-order valence-electron chi connectivity index (χ2n) is 7.25. The van der Waals surface area contributed by atoms with Gasteiger partial charge in [-0.05, 0) is 36.6 Å². The van der Waals surface area contributed by atoms with E-state index in [1.165, 1.54) is 29.1 Å². The highest BCUT2D eigenvalue weighted by molar-refractivity contribution is 14.0. The summed E-state index contributed by atoms with van der Waals surface area (Å²) in [6, 6.07) is 12.3. The van der Waals surface area contributed by atoms with Crippen molar-refractivity contribution in [3.05, 3.63) is 65.9 Å². The van der Waals surface area contributed by atoms with Gasteiger partial charge in [-0.3, -0.25) is 4.99 Å². The second-order valence-corrected chi connectivity index (χ2v) is 7.25. The van der Waals surface area contributed by atoms with Gasteiger partial charge in [0, 0.05) is 49.8 Å². The Morgan fingerprint density at radius 1 is 1.17 bits per heavy atom. The van der Waals surface area contributed by atoms with E-state index in [1.807, 2.05) is 18.3 Å². The Hall–Kier alpha value is -2.36. The van der Waals surface area contributed by atoms with Crippen molar-refractivity contribution in [1.29, 1.82) is 0 Å². The van der Waals surface area contributed by atoms with Crippen molar-refractivity contribution in [3.63, 3.8) is 0 Å². The lowest BCUT2D eigenvalue weighted by Gasteiger charge is -2.21. The number of guanidine groups is 1. The van der Waals surface area contributed by atoms with E-state index in [4.69, 9.17) is 0 Å². The minimum atomic E-state index is -0.521. The number of para-hydroxylation sites is 2. The average Bonchev–Trinajstić information content (AvgIpc) is 3.34. The third-order valence-electron chi connectivity index (χ3n) is 5.37. The minimum Gasteiger partial charge on any atom is -0.365 e. The molecule has 4 rings (SSSR count). The molecule has 2 heterocycles. The molecule has 0 bridgehead atoms. The molecule has 1 aliphatic heterocycles. The summed E-state index contributed by atoms with van der Waals surface area (Å²) in [4.78, 5) is 9.33. The van der Waals surface area contributed by atoms with Crippen molar-refractivity contribution in [3.8, 4) is 0 Å². The topological polar surface area (TPSA) is 55.5 Å². The third-order valence-corrected chi connectivity index (χ3v) is 5.37. The Balaban J connectivity index is 0.00000256. The summed E-state index contributed by atoms with van der Waals surface area (Å²) in [6.07, 6.45) is 3.69. The number of halogens is 3. The number of nitrogens with one attached hydrogen (secondary N) is 3. The lowest BCUT2D eigenvalue weighted by molar-refractivity contribution is 0.576. The molecule has 5 nitrogen and oxygen atoms in total. The molecule has 0 aliphatic carbocycles. The summed E-state index contributed by atoms with van der Waals surface area (Å²) >= 11 is 0. The van der Waals surface area contributed by atoms with Crippen LogP contribution in [-0.4, -0.2) is 43.7 Å².